The van der Waals surface area contributed by atoms with E-state index in [1.54, 1.807) is 17.9 Å². The molecule has 2 fully saturated rings. The molecule has 1 heterocycles. The number of benzene rings is 1. The van der Waals surface area contributed by atoms with Crippen LogP contribution in [-0.4, -0.2) is 23.9 Å². The van der Waals surface area contributed by atoms with E-state index in [9.17, 15) is 9.59 Å². The van der Waals surface area contributed by atoms with Gasteiger partial charge in [0, 0.05) is 0 Å². The van der Waals surface area contributed by atoms with E-state index >= 15 is 0 Å². The molecule has 0 aromatic heterocycles. The molecule has 2 unspecified atom stereocenters. The second-order valence-electron chi connectivity index (χ2n) is 5.61. The zero-order valence-electron chi connectivity index (χ0n) is 11.5. The molecule has 1 aromatic rings. The van der Waals surface area contributed by atoms with Gasteiger partial charge in [-0.25, -0.2) is 0 Å². The summed E-state index contributed by atoms with van der Waals surface area (Å²) in [5.41, 5.74) is 1.56. The normalized spacial score (nSPS) is 26.6. The molecule has 1 aliphatic carbocycles. The van der Waals surface area contributed by atoms with Crippen LogP contribution >= 0.6 is 11.6 Å². The van der Waals surface area contributed by atoms with Crippen LogP contribution in [0.25, 0.3) is 0 Å². The van der Waals surface area contributed by atoms with Crippen molar-refractivity contribution >= 4 is 29.1 Å². The summed E-state index contributed by atoms with van der Waals surface area (Å²) in [5.74, 6) is 0.126. The van der Waals surface area contributed by atoms with Crippen LogP contribution in [0, 0.1) is 12.8 Å². The maximum absolute atomic E-state index is 12.7. The lowest BCUT2D eigenvalue weighted by atomic mass is 10.0. The number of hydrogen-bond donors (Lipinski definition) is 1. The number of halogens is 1. The second kappa shape index (κ2) is 4.77. The Labute approximate surface area is 123 Å². The van der Waals surface area contributed by atoms with Crippen LogP contribution in [0.3, 0.4) is 0 Å². The maximum Gasteiger partial charge on any atom is 0.250 e. The van der Waals surface area contributed by atoms with E-state index in [-0.39, 0.29) is 17.7 Å². The smallest absolute Gasteiger partial charge is 0.250 e. The third kappa shape index (κ3) is 2.08. The number of rotatable bonds is 2. The number of amides is 2. The summed E-state index contributed by atoms with van der Waals surface area (Å²) in [6.07, 6.45) is 2.00. The van der Waals surface area contributed by atoms with Crippen molar-refractivity contribution < 1.29 is 9.59 Å². The minimum Gasteiger partial charge on any atom is -0.342 e. The topological polar surface area (TPSA) is 49.4 Å². The Hall–Kier alpha value is -1.55. The molecule has 3 rings (SSSR count). The number of carbonyl (C=O) groups is 2. The van der Waals surface area contributed by atoms with Gasteiger partial charge in [0.15, 0.2) is 0 Å². The Balaban J connectivity index is 2.04. The van der Waals surface area contributed by atoms with Gasteiger partial charge >= 0.3 is 0 Å². The Kier molecular flexibility index (Phi) is 3.21. The van der Waals surface area contributed by atoms with E-state index in [1.807, 2.05) is 19.1 Å². The van der Waals surface area contributed by atoms with E-state index < -0.39 is 12.1 Å². The van der Waals surface area contributed by atoms with Crippen LogP contribution in [0.5, 0.6) is 0 Å². The highest BCUT2D eigenvalue weighted by Gasteiger charge is 2.46. The van der Waals surface area contributed by atoms with Crippen LogP contribution in [0.4, 0.5) is 5.69 Å². The van der Waals surface area contributed by atoms with Gasteiger partial charge in [-0.05, 0) is 44.2 Å². The molecule has 2 amide bonds. The lowest BCUT2D eigenvalue weighted by Gasteiger charge is -2.38. The van der Waals surface area contributed by atoms with Gasteiger partial charge in [-0.2, -0.15) is 0 Å². The molecular formula is C15H17ClN2O2. The molecule has 1 saturated heterocycles. The van der Waals surface area contributed by atoms with E-state index in [0.717, 1.165) is 18.4 Å². The third-order valence-electron chi connectivity index (χ3n) is 4.09. The monoisotopic (exact) mass is 292 g/mol. The zero-order valence-corrected chi connectivity index (χ0v) is 12.3. The fourth-order valence-corrected chi connectivity index (χ4v) is 3.09. The van der Waals surface area contributed by atoms with Crippen molar-refractivity contribution in [1.82, 2.24) is 5.32 Å². The van der Waals surface area contributed by atoms with Crippen molar-refractivity contribution in [3.63, 3.8) is 0 Å². The number of piperazine rings is 1. The molecule has 20 heavy (non-hydrogen) atoms. The van der Waals surface area contributed by atoms with Gasteiger partial charge in [-0.3, -0.25) is 14.5 Å². The fraction of sp³-hybridized carbons (Fsp3) is 0.467. The third-order valence-corrected chi connectivity index (χ3v) is 4.40. The summed E-state index contributed by atoms with van der Waals surface area (Å²) in [6.45, 7) is 3.64. The highest BCUT2D eigenvalue weighted by molar-refractivity contribution is 6.34. The van der Waals surface area contributed by atoms with Gasteiger partial charge in [0.05, 0.1) is 10.7 Å². The van der Waals surface area contributed by atoms with E-state index in [0.29, 0.717) is 10.7 Å². The van der Waals surface area contributed by atoms with Gasteiger partial charge in [-0.1, -0.05) is 23.7 Å². The number of carbonyl (C=O) groups excluding carboxylic acids is 2. The van der Waals surface area contributed by atoms with Crippen LogP contribution in [-0.2, 0) is 9.59 Å². The van der Waals surface area contributed by atoms with Gasteiger partial charge in [-0.15, -0.1) is 0 Å². The van der Waals surface area contributed by atoms with E-state index in [1.165, 1.54) is 0 Å². The number of hydrogen-bond acceptors (Lipinski definition) is 2. The number of nitrogens with one attached hydrogen (secondary N) is 1. The minimum absolute atomic E-state index is 0.0456. The second-order valence-corrected chi connectivity index (χ2v) is 6.02. The first-order valence-electron chi connectivity index (χ1n) is 6.89. The lowest BCUT2D eigenvalue weighted by Crippen LogP contribution is -2.63. The first kappa shape index (κ1) is 13.4. The number of aryl methyl sites for hydroxylation is 1. The first-order chi connectivity index (χ1) is 9.50. The van der Waals surface area contributed by atoms with Crippen molar-refractivity contribution in [2.24, 2.45) is 5.92 Å². The van der Waals surface area contributed by atoms with Gasteiger partial charge in [0.2, 0.25) is 5.91 Å². The Morgan fingerprint density at radius 2 is 2.00 bits per heavy atom. The van der Waals surface area contributed by atoms with Crippen LogP contribution in [0.2, 0.25) is 5.02 Å². The summed E-state index contributed by atoms with van der Waals surface area (Å²) in [4.78, 5) is 26.4. The van der Waals surface area contributed by atoms with Crippen molar-refractivity contribution in [3.8, 4) is 0 Å². The maximum atomic E-state index is 12.7. The standard InChI is InChI=1S/C15H17ClN2O2/c1-8-4-3-5-11(16)13(8)18-9(2)14(19)17-12(15(18)20)10-6-7-10/h3-5,9-10,12H,6-7H2,1-2H3,(H,17,19). The molecule has 0 bridgehead atoms. The van der Waals surface area contributed by atoms with Crippen molar-refractivity contribution in [2.45, 2.75) is 38.8 Å². The summed E-state index contributed by atoms with van der Waals surface area (Å²) in [5, 5.41) is 3.35. The molecule has 0 spiro atoms. The van der Waals surface area contributed by atoms with Crippen molar-refractivity contribution in [1.29, 1.82) is 0 Å². The number of para-hydroxylation sites is 1. The quantitative estimate of drug-likeness (QED) is 0.909. The van der Waals surface area contributed by atoms with Crippen LogP contribution in [0.15, 0.2) is 18.2 Å². The molecule has 1 aliphatic heterocycles. The molecule has 1 N–H and O–H groups in total. The number of nitrogens with zero attached hydrogens (tertiary/aromatic N) is 1. The van der Waals surface area contributed by atoms with E-state index in [2.05, 4.69) is 5.32 Å². The molecule has 4 nitrogen and oxygen atoms in total. The number of anilines is 1. The molecule has 2 aliphatic rings. The average Bonchev–Trinajstić information content (AvgIpc) is 3.21. The lowest BCUT2D eigenvalue weighted by molar-refractivity contribution is -0.134. The molecule has 0 radical (unpaired) electrons. The molecule has 106 valence electrons. The SMILES string of the molecule is Cc1cccc(Cl)c1N1C(=O)C(C2CC2)NC(=O)C1C. The largest absolute Gasteiger partial charge is 0.342 e. The van der Waals surface area contributed by atoms with Crippen LogP contribution < -0.4 is 10.2 Å². The zero-order chi connectivity index (χ0) is 14.4. The van der Waals surface area contributed by atoms with Crippen molar-refractivity contribution in [2.75, 3.05) is 4.90 Å². The average molecular weight is 293 g/mol. The molecule has 5 heteroatoms. The fourth-order valence-electron chi connectivity index (χ4n) is 2.77. The Morgan fingerprint density at radius 1 is 1.30 bits per heavy atom. The summed E-state index contributed by atoms with van der Waals surface area (Å²) in [7, 11) is 0. The predicted molar refractivity (Wildman–Crippen MR) is 77.8 cm³/mol. The Bertz CT molecular complexity index is 563. The predicted octanol–water partition coefficient (Wildman–Crippen LogP) is 2.28. The molecule has 2 atom stereocenters. The Morgan fingerprint density at radius 3 is 2.60 bits per heavy atom. The highest BCUT2D eigenvalue weighted by atomic mass is 35.5. The van der Waals surface area contributed by atoms with Gasteiger partial charge < -0.3 is 5.32 Å². The highest BCUT2D eigenvalue weighted by Crippen LogP contribution is 2.38. The van der Waals surface area contributed by atoms with Gasteiger partial charge in [0.25, 0.3) is 5.91 Å². The summed E-state index contributed by atoms with van der Waals surface area (Å²) < 4.78 is 0. The van der Waals surface area contributed by atoms with Crippen molar-refractivity contribution in [3.05, 3.63) is 28.8 Å². The molecule has 1 saturated carbocycles. The minimum atomic E-state index is -0.531. The molecular weight excluding hydrogens is 276 g/mol. The summed E-state index contributed by atoms with van der Waals surface area (Å²) >= 11 is 6.26. The first-order valence-corrected chi connectivity index (χ1v) is 7.27. The van der Waals surface area contributed by atoms with Gasteiger partial charge in [0.1, 0.15) is 12.1 Å². The van der Waals surface area contributed by atoms with E-state index in [4.69, 9.17) is 11.6 Å². The molecule has 1 aromatic carbocycles. The summed E-state index contributed by atoms with van der Waals surface area (Å²) in [6, 6.07) is 4.58. The van der Waals surface area contributed by atoms with Crippen LogP contribution in [0.1, 0.15) is 25.3 Å².